The number of sulfonamides is 1. The zero-order valence-corrected chi connectivity index (χ0v) is 16.3. The van der Waals surface area contributed by atoms with E-state index in [1.807, 2.05) is 0 Å². The maximum absolute atomic E-state index is 13.1. The second-order valence-corrected chi connectivity index (χ2v) is 10.1. The Morgan fingerprint density at radius 1 is 1.04 bits per heavy atom. The molecule has 0 aromatic carbocycles. The highest BCUT2D eigenvalue weighted by Crippen LogP contribution is 2.36. The van der Waals surface area contributed by atoms with E-state index in [1.54, 1.807) is 4.31 Å². The standard InChI is InChI=1S/C18H33N3O3S/c1-25(23,24)21-13-7-8-16(15-21)14-19-17(22)18(9-3-2-4-10-18)20-11-5-6-12-20/h16H,2-15H2,1H3,(H,19,22). The Bertz CT molecular complexity index is 566. The summed E-state index contributed by atoms with van der Waals surface area (Å²) in [5, 5.41) is 3.21. The highest BCUT2D eigenvalue weighted by Gasteiger charge is 2.45. The van der Waals surface area contributed by atoms with Crippen LogP contribution in [-0.2, 0) is 14.8 Å². The zero-order chi connectivity index (χ0) is 17.9. The monoisotopic (exact) mass is 371 g/mol. The SMILES string of the molecule is CS(=O)(=O)N1CCCC(CNC(=O)C2(N3CCCC3)CCCCC2)C1. The van der Waals surface area contributed by atoms with Gasteiger partial charge in [-0.15, -0.1) is 0 Å². The first-order valence-electron chi connectivity index (χ1n) is 9.90. The molecule has 2 aliphatic heterocycles. The summed E-state index contributed by atoms with van der Waals surface area (Å²) in [6, 6.07) is 0. The number of hydrogen-bond acceptors (Lipinski definition) is 4. The van der Waals surface area contributed by atoms with E-state index >= 15 is 0 Å². The Kier molecular flexibility index (Phi) is 6.06. The molecule has 25 heavy (non-hydrogen) atoms. The van der Waals surface area contributed by atoms with Crippen LogP contribution < -0.4 is 5.32 Å². The van der Waals surface area contributed by atoms with Crippen molar-refractivity contribution in [2.75, 3.05) is 39.0 Å². The van der Waals surface area contributed by atoms with Gasteiger partial charge in [0.25, 0.3) is 0 Å². The molecule has 0 spiro atoms. The number of hydrogen-bond donors (Lipinski definition) is 1. The van der Waals surface area contributed by atoms with Crippen molar-refractivity contribution in [2.45, 2.75) is 63.3 Å². The van der Waals surface area contributed by atoms with Gasteiger partial charge in [-0.05, 0) is 57.5 Å². The van der Waals surface area contributed by atoms with Crippen LogP contribution in [0.4, 0.5) is 0 Å². The summed E-state index contributed by atoms with van der Waals surface area (Å²) in [5.41, 5.74) is -0.306. The molecule has 2 heterocycles. The van der Waals surface area contributed by atoms with Crippen LogP contribution in [0.2, 0.25) is 0 Å². The summed E-state index contributed by atoms with van der Waals surface area (Å²) in [6.45, 7) is 3.83. The van der Waals surface area contributed by atoms with Crippen LogP contribution in [0, 0.1) is 5.92 Å². The van der Waals surface area contributed by atoms with Crippen molar-refractivity contribution in [2.24, 2.45) is 5.92 Å². The molecule has 3 aliphatic rings. The fourth-order valence-corrected chi connectivity index (χ4v) is 5.81. The average Bonchev–Trinajstić information content (AvgIpc) is 3.15. The third-order valence-electron chi connectivity index (χ3n) is 6.32. The number of carbonyl (C=O) groups is 1. The van der Waals surface area contributed by atoms with E-state index in [9.17, 15) is 13.2 Å². The van der Waals surface area contributed by atoms with E-state index in [0.717, 1.165) is 51.6 Å². The lowest BCUT2D eigenvalue weighted by Crippen LogP contribution is -2.59. The lowest BCUT2D eigenvalue weighted by atomic mass is 9.79. The minimum atomic E-state index is -3.13. The predicted octanol–water partition coefficient (Wildman–Crippen LogP) is 1.57. The Balaban J connectivity index is 1.60. The van der Waals surface area contributed by atoms with Gasteiger partial charge in [-0.1, -0.05) is 19.3 Å². The van der Waals surface area contributed by atoms with Crippen molar-refractivity contribution >= 4 is 15.9 Å². The first-order valence-corrected chi connectivity index (χ1v) is 11.8. The van der Waals surface area contributed by atoms with Gasteiger partial charge in [-0.25, -0.2) is 12.7 Å². The molecule has 0 aromatic rings. The van der Waals surface area contributed by atoms with Gasteiger partial charge in [-0.3, -0.25) is 9.69 Å². The summed E-state index contributed by atoms with van der Waals surface area (Å²) in [5.74, 6) is 0.414. The summed E-state index contributed by atoms with van der Waals surface area (Å²) in [4.78, 5) is 15.6. The summed E-state index contributed by atoms with van der Waals surface area (Å²) < 4.78 is 25.1. The number of rotatable bonds is 5. The molecule has 3 rings (SSSR count). The van der Waals surface area contributed by atoms with Crippen molar-refractivity contribution < 1.29 is 13.2 Å². The van der Waals surface area contributed by atoms with Gasteiger partial charge < -0.3 is 5.32 Å². The maximum atomic E-state index is 13.1. The summed E-state index contributed by atoms with van der Waals surface area (Å²) in [7, 11) is -3.13. The van der Waals surface area contributed by atoms with E-state index in [1.165, 1.54) is 25.5 Å². The molecule has 1 atom stereocenters. The van der Waals surface area contributed by atoms with Crippen LogP contribution in [0.1, 0.15) is 57.8 Å². The van der Waals surface area contributed by atoms with Crippen molar-refractivity contribution in [1.82, 2.24) is 14.5 Å². The lowest BCUT2D eigenvalue weighted by molar-refractivity contribution is -0.135. The van der Waals surface area contributed by atoms with Gasteiger partial charge >= 0.3 is 0 Å². The third-order valence-corrected chi connectivity index (χ3v) is 7.59. The topological polar surface area (TPSA) is 69.7 Å². The summed E-state index contributed by atoms with van der Waals surface area (Å²) in [6.07, 6.45) is 11.0. The normalized spacial score (nSPS) is 28.8. The smallest absolute Gasteiger partial charge is 0.240 e. The quantitative estimate of drug-likeness (QED) is 0.796. The molecule has 0 aromatic heterocycles. The fraction of sp³-hybridized carbons (Fsp3) is 0.944. The minimum Gasteiger partial charge on any atom is -0.354 e. The second-order valence-electron chi connectivity index (χ2n) is 8.13. The van der Waals surface area contributed by atoms with Gasteiger partial charge in [0.2, 0.25) is 15.9 Å². The van der Waals surface area contributed by atoms with Crippen molar-refractivity contribution in [3.8, 4) is 0 Å². The minimum absolute atomic E-state index is 0.186. The molecule has 0 radical (unpaired) electrons. The lowest BCUT2D eigenvalue weighted by Gasteiger charge is -2.43. The number of likely N-dealkylation sites (tertiary alicyclic amines) is 1. The van der Waals surface area contributed by atoms with Crippen molar-refractivity contribution in [3.63, 3.8) is 0 Å². The molecule has 3 fully saturated rings. The molecule has 7 heteroatoms. The molecule has 144 valence electrons. The third kappa shape index (κ3) is 4.37. The number of piperidine rings is 1. The van der Waals surface area contributed by atoms with Crippen molar-refractivity contribution in [1.29, 1.82) is 0 Å². The average molecular weight is 372 g/mol. The molecular weight excluding hydrogens is 338 g/mol. The van der Waals surface area contributed by atoms with E-state index in [4.69, 9.17) is 0 Å². The van der Waals surface area contributed by atoms with Crippen LogP contribution in [0.25, 0.3) is 0 Å². The molecule has 0 bridgehead atoms. The summed E-state index contributed by atoms with van der Waals surface area (Å²) >= 11 is 0. The van der Waals surface area contributed by atoms with Gasteiger partial charge in [0.15, 0.2) is 0 Å². The number of carbonyl (C=O) groups excluding carboxylic acids is 1. The van der Waals surface area contributed by atoms with E-state index in [2.05, 4.69) is 10.2 Å². The number of amides is 1. The highest BCUT2D eigenvalue weighted by atomic mass is 32.2. The first kappa shape index (κ1) is 19.1. The molecular formula is C18H33N3O3S. The number of nitrogens with one attached hydrogen (secondary N) is 1. The van der Waals surface area contributed by atoms with Crippen LogP contribution >= 0.6 is 0 Å². The Hall–Kier alpha value is -0.660. The van der Waals surface area contributed by atoms with Crippen LogP contribution in [0.15, 0.2) is 0 Å². The van der Waals surface area contributed by atoms with Crippen LogP contribution in [0.3, 0.4) is 0 Å². The molecule has 2 saturated heterocycles. The largest absolute Gasteiger partial charge is 0.354 e. The van der Waals surface area contributed by atoms with E-state index in [0.29, 0.717) is 19.6 Å². The van der Waals surface area contributed by atoms with Crippen LogP contribution in [-0.4, -0.2) is 68.0 Å². The maximum Gasteiger partial charge on any atom is 0.240 e. The molecule has 1 N–H and O–H groups in total. The molecule has 6 nitrogen and oxygen atoms in total. The van der Waals surface area contributed by atoms with Gasteiger partial charge in [-0.2, -0.15) is 0 Å². The molecule has 1 saturated carbocycles. The van der Waals surface area contributed by atoms with Gasteiger partial charge in [0.1, 0.15) is 5.54 Å². The predicted molar refractivity (Wildman–Crippen MR) is 98.8 cm³/mol. The van der Waals surface area contributed by atoms with E-state index in [-0.39, 0.29) is 17.4 Å². The Morgan fingerprint density at radius 2 is 1.72 bits per heavy atom. The second kappa shape index (κ2) is 7.92. The highest BCUT2D eigenvalue weighted by molar-refractivity contribution is 7.88. The fourth-order valence-electron chi connectivity index (χ4n) is 4.86. The Labute approximate surface area is 152 Å². The zero-order valence-electron chi connectivity index (χ0n) is 15.5. The van der Waals surface area contributed by atoms with E-state index < -0.39 is 10.0 Å². The van der Waals surface area contributed by atoms with Crippen LogP contribution in [0.5, 0.6) is 0 Å². The van der Waals surface area contributed by atoms with Crippen molar-refractivity contribution in [3.05, 3.63) is 0 Å². The molecule has 1 amide bonds. The molecule has 1 aliphatic carbocycles. The Morgan fingerprint density at radius 3 is 2.36 bits per heavy atom. The van der Waals surface area contributed by atoms with Gasteiger partial charge in [0.05, 0.1) is 6.26 Å². The number of nitrogens with zero attached hydrogens (tertiary/aromatic N) is 2. The van der Waals surface area contributed by atoms with Gasteiger partial charge in [0, 0.05) is 19.6 Å². The first-order chi connectivity index (χ1) is 11.9. The molecule has 1 unspecified atom stereocenters.